The predicted molar refractivity (Wildman–Crippen MR) is 114 cm³/mol. The highest BCUT2D eigenvalue weighted by atomic mass is 16.5. The number of nitrogens with zero attached hydrogens (tertiary/aromatic N) is 1. The summed E-state index contributed by atoms with van der Waals surface area (Å²) in [5, 5.41) is 0. The van der Waals surface area contributed by atoms with Crippen LogP contribution in [0.5, 0.6) is 11.5 Å². The number of aromatic nitrogens is 1. The standard InChI is InChI=1S/C25H25NO4/c1-4-13-26-16(2)14-20(17(26)3)21(27)15-29-25(28)24-18-9-5-7-11-22(18)30-23-12-8-6-10-19(23)24/h5-12,14,24H,4,13,15H2,1-3H3. The molecule has 4 rings (SSSR count). The summed E-state index contributed by atoms with van der Waals surface area (Å²) in [7, 11) is 0. The molecule has 1 aliphatic rings. The Morgan fingerprint density at radius 1 is 1.00 bits per heavy atom. The Bertz CT molecular complexity index is 1070. The van der Waals surface area contributed by atoms with Gasteiger partial charge in [-0.05, 0) is 38.5 Å². The maximum atomic E-state index is 13.1. The van der Waals surface area contributed by atoms with Crippen molar-refractivity contribution in [2.75, 3.05) is 6.61 Å². The smallest absolute Gasteiger partial charge is 0.318 e. The molecule has 154 valence electrons. The highest BCUT2D eigenvalue weighted by Crippen LogP contribution is 2.44. The topological polar surface area (TPSA) is 57.5 Å². The Balaban J connectivity index is 1.55. The van der Waals surface area contributed by atoms with Crippen LogP contribution in [0.1, 0.15) is 52.1 Å². The molecule has 3 aromatic rings. The Morgan fingerprint density at radius 2 is 1.60 bits per heavy atom. The van der Waals surface area contributed by atoms with Crippen LogP contribution in [0.25, 0.3) is 0 Å². The quantitative estimate of drug-likeness (QED) is 0.420. The largest absolute Gasteiger partial charge is 0.457 e. The molecule has 30 heavy (non-hydrogen) atoms. The zero-order valence-electron chi connectivity index (χ0n) is 17.5. The Morgan fingerprint density at radius 3 is 2.20 bits per heavy atom. The maximum absolute atomic E-state index is 13.1. The lowest BCUT2D eigenvalue weighted by molar-refractivity contribution is -0.143. The number of ketones is 1. The fraction of sp³-hybridized carbons (Fsp3) is 0.280. The van der Waals surface area contributed by atoms with Crippen LogP contribution in [0.2, 0.25) is 0 Å². The SMILES string of the molecule is CCCn1c(C)cc(C(=O)COC(=O)C2c3ccccc3Oc3ccccc32)c1C. The van der Waals surface area contributed by atoms with Crippen molar-refractivity contribution in [3.8, 4) is 11.5 Å². The van der Waals surface area contributed by atoms with Crippen LogP contribution < -0.4 is 4.74 Å². The molecule has 1 aromatic heterocycles. The van der Waals surface area contributed by atoms with Crippen LogP contribution in [-0.2, 0) is 16.1 Å². The first kappa shape index (κ1) is 20.0. The van der Waals surface area contributed by atoms with Crippen molar-refractivity contribution in [3.05, 3.63) is 82.7 Å². The van der Waals surface area contributed by atoms with Gasteiger partial charge in [0.25, 0.3) is 0 Å². The molecule has 0 N–H and O–H groups in total. The molecule has 0 spiro atoms. The highest BCUT2D eigenvalue weighted by molar-refractivity contribution is 5.99. The van der Waals surface area contributed by atoms with Gasteiger partial charge in [0, 0.05) is 34.6 Å². The minimum absolute atomic E-state index is 0.188. The number of hydrogen-bond acceptors (Lipinski definition) is 4. The first-order valence-electron chi connectivity index (χ1n) is 10.2. The average Bonchev–Trinajstić information content (AvgIpc) is 3.04. The van der Waals surface area contributed by atoms with Crippen LogP contribution >= 0.6 is 0 Å². The van der Waals surface area contributed by atoms with E-state index in [0.717, 1.165) is 35.5 Å². The van der Waals surface area contributed by atoms with Crippen molar-refractivity contribution >= 4 is 11.8 Å². The molecule has 0 aliphatic carbocycles. The van der Waals surface area contributed by atoms with Crippen molar-refractivity contribution in [1.82, 2.24) is 4.57 Å². The molecule has 0 unspecified atom stereocenters. The number of para-hydroxylation sites is 2. The average molecular weight is 403 g/mol. The van der Waals surface area contributed by atoms with E-state index in [-0.39, 0.29) is 12.4 Å². The summed E-state index contributed by atoms with van der Waals surface area (Å²) in [5.74, 6) is 0.00740. The molecular weight excluding hydrogens is 378 g/mol. The Kier molecular flexibility index (Phi) is 5.44. The molecule has 2 heterocycles. The second-order valence-electron chi connectivity index (χ2n) is 7.58. The van der Waals surface area contributed by atoms with Gasteiger partial charge in [-0.15, -0.1) is 0 Å². The zero-order chi connectivity index (χ0) is 21.3. The summed E-state index contributed by atoms with van der Waals surface area (Å²) < 4.78 is 13.6. The van der Waals surface area contributed by atoms with Gasteiger partial charge in [-0.2, -0.15) is 0 Å². The summed E-state index contributed by atoms with van der Waals surface area (Å²) in [4.78, 5) is 25.9. The summed E-state index contributed by atoms with van der Waals surface area (Å²) in [6.45, 7) is 6.60. The number of fused-ring (bicyclic) bond motifs is 2. The van der Waals surface area contributed by atoms with Crippen LogP contribution in [0.15, 0.2) is 54.6 Å². The van der Waals surface area contributed by atoms with Gasteiger partial charge >= 0.3 is 5.97 Å². The van der Waals surface area contributed by atoms with E-state index in [1.54, 1.807) is 0 Å². The van der Waals surface area contributed by atoms with E-state index in [2.05, 4.69) is 11.5 Å². The molecule has 0 bridgehead atoms. The third kappa shape index (κ3) is 3.52. The number of aryl methyl sites for hydroxylation is 1. The number of rotatable bonds is 6. The van der Waals surface area contributed by atoms with Gasteiger partial charge in [-0.25, -0.2) is 0 Å². The Labute approximate surface area is 176 Å². The zero-order valence-corrected chi connectivity index (χ0v) is 17.5. The monoisotopic (exact) mass is 403 g/mol. The fourth-order valence-corrected chi connectivity index (χ4v) is 4.11. The summed E-state index contributed by atoms with van der Waals surface area (Å²) >= 11 is 0. The van der Waals surface area contributed by atoms with Crippen LogP contribution in [-0.4, -0.2) is 22.9 Å². The number of carbonyl (C=O) groups is 2. The van der Waals surface area contributed by atoms with Crippen LogP contribution in [0.4, 0.5) is 0 Å². The number of hydrogen-bond donors (Lipinski definition) is 0. The molecule has 0 radical (unpaired) electrons. The minimum Gasteiger partial charge on any atom is -0.457 e. The Hall–Kier alpha value is -3.34. The van der Waals surface area contributed by atoms with Gasteiger partial charge in [0.05, 0.1) is 0 Å². The summed E-state index contributed by atoms with van der Waals surface area (Å²) in [5.41, 5.74) is 4.06. The molecule has 5 heteroatoms. The van der Waals surface area contributed by atoms with E-state index in [1.807, 2.05) is 68.4 Å². The minimum atomic E-state index is -0.619. The molecule has 0 saturated heterocycles. The van der Waals surface area contributed by atoms with Gasteiger partial charge in [0.15, 0.2) is 6.61 Å². The van der Waals surface area contributed by atoms with Crippen molar-refractivity contribution in [3.63, 3.8) is 0 Å². The molecule has 0 saturated carbocycles. The van der Waals surface area contributed by atoms with Gasteiger partial charge in [0.2, 0.25) is 5.78 Å². The molecular formula is C25H25NO4. The van der Waals surface area contributed by atoms with Gasteiger partial charge in [-0.3, -0.25) is 9.59 Å². The molecule has 1 aliphatic heterocycles. The van der Waals surface area contributed by atoms with Gasteiger partial charge in [-0.1, -0.05) is 43.3 Å². The number of esters is 1. The highest BCUT2D eigenvalue weighted by Gasteiger charge is 2.34. The second kappa shape index (κ2) is 8.19. The van der Waals surface area contributed by atoms with Crippen LogP contribution in [0, 0.1) is 13.8 Å². The lowest BCUT2D eigenvalue weighted by Crippen LogP contribution is -2.23. The number of ether oxygens (including phenoxy) is 2. The number of carbonyl (C=O) groups excluding carboxylic acids is 2. The second-order valence-corrected chi connectivity index (χ2v) is 7.58. The number of Topliss-reactive ketones (excluding diaryl/α,β-unsaturated/α-hetero) is 1. The molecule has 2 aromatic carbocycles. The summed E-state index contributed by atoms with van der Waals surface area (Å²) in [6.07, 6.45) is 0.988. The van der Waals surface area contributed by atoms with Gasteiger partial charge < -0.3 is 14.0 Å². The first-order chi connectivity index (χ1) is 14.5. The molecule has 0 fully saturated rings. The van der Waals surface area contributed by atoms with Crippen LogP contribution in [0.3, 0.4) is 0 Å². The first-order valence-corrected chi connectivity index (χ1v) is 10.2. The number of benzene rings is 2. The van der Waals surface area contributed by atoms with Crippen molar-refractivity contribution in [2.24, 2.45) is 0 Å². The van der Waals surface area contributed by atoms with E-state index in [4.69, 9.17) is 9.47 Å². The third-order valence-corrected chi connectivity index (χ3v) is 5.58. The summed E-state index contributed by atoms with van der Waals surface area (Å²) in [6, 6.07) is 16.7. The van der Waals surface area contributed by atoms with Crippen molar-refractivity contribution in [2.45, 2.75) is 39.7 Å². The van der Waals surface area contributed by atoms with E-state index in [9.17, 15) is 9.59 Å². The molecule has 0 amide bonds. The lowest BCUT2D eigenvalue weighted by atomic mass is 9.88. The molecule has 0 atom stereocenters. The van der Waals surface area contributed by atoms with E-state index >= 15 is 0 Å². The van der Waals surface area contributed by atoms with E-state index in [0.29, 0.717) is 17.1 Å². The fourth-order valence-electron chi connectivity index (χ4n) is 4.11. The lowest BCUT2D eigenvalue weighted by Gasteiger charge is -2.26. The van der Waals surface area contributed by atoms with E-state index < -0.39 is 11.9 Å². The van der Waals surface area contributed by atoms with Crippen molar-refractivity contribution < 1.29 is 19.1 Å². The third-order valence-electron chi connectivity index (χ3n) is 5.58. The molecule has 5 nitrogen and oxygen atoms in total. The normalized spacial score (nSPS) is 12.6. The maximum Gasteiger partial charge on any atom is 0.318 e. The van der Waals surface area contributed by atoms with E-state index in [1.165, 1.54) is 0 Å². The van der Waals surface area contributed by atoms with Crippen molar-refractivity contribution in [1.29, 1.82) is 0 Å². The predicted octanol–water partition coefficient (Wildman–Crippen LogP) is 5.18. The van der Waals surface area contributed by atoms with Gasteiger partial charge in [0.1, 0.15) is 17.4 Å².